The molecule has 2 aromatic rings. The van der Waals surface area contributed by atoms with Crippen LogP contribution in [0.3, 0.4) is 0 Å². The Balaban J connectivity index is 1.89. The van der Waals surface area contributed by atoms with Crippen LogP contribution in [0.25, 0.3) is 0 Å². The Labute approximate surface area is 142 Å². The fraction of sp³-hybridized carbons (Fsp3) is 0.235. The number of nitriles is 1. The van der Waals surface area contributed by atoms with Crippen molar-refractivity contribution in [3.63, 3.8) is 0 Å². The van der Waals surface area contributed by atoms with Gasteiger partial charge in [-0.3, -0.25) is 0 Å². The SMILES string of the molecule is N#Cc1cc(Cl)ccc1NCc1ccc(COCC(F)(F)F)cc1. The number of hydrogen-bond acceptors (Lipinski definition) is 3. The molecule has 0 aliphatic carbocycles. The number of alkyl halides is 3. The van der Waals surface area contributed by atoms with Crippen LogP contribution in [0.1, 0.15) is 16.7 Å². The predicted molar refractivity (Wildman–Crippen MR) is 85.6 cm³/mol. The molecule has 7 heteroatoms. The van der Waals surface area contributed by atoms with Crippen molar-refractivity contribution in [2.45, 2.75) is 19.3 Å². The smallest absolute Gasteiger partial charge is 0.380 e. The van der Waals surface area contributed by atoms with E-state index in [1.54, 1.807) is 42.5 Å². The van der Waals surface area contributed by atoms with Gasteiger partial charge in [-0.2, -0.15) is 18.4 Å². The molecule has 1 N–H and O–H groups in total. The van der Waals surface area contributed by atoms with Gasteiger partial charge in [0.2, 0.25) is 0 Å². The molecular weight excluding hydrogens is 341 g/mol. The average Bonchev–Trinajstić information content (AvgIpc) is 2.53. The monoisotopic (exact) mass is 354 g/mol. The minimum Gasteiger partial charge on any atom is -0.380 e. The summed E-state index contributed by atoms with van der Waals surface area (Å²) in [4.78, 5) is 0. The van der Waals surface area contributed by atoms with Gasteiger partial charge in [0.15, 0.2) is 0 Å². The maximum Gasteiger partial charge on any atom is 0.411 e. The molecule has 0 aliphatic rings. The highest BCUT2D eigenvalue weighted by atomic mass is 35.5. The van der Waals surface area contributed by atoms with E-state index >= 15 is 0 Å². The molecule has 0 spiro atoms. The van der Waals surface area contributed by atoms with E-state index in [0.717, 1.165) is 5.56 Å². The van der Waals surface area contributed by atoms with Crippen molar-refractivity contribution in [3.05, 3.63) is 64.2 Å². The largest absolute Gasteiger partial charge is 0.411 e. The fourth-order valence-corrected chi connectivity index (χ4v) is 2.17. The number of nitrogens with one attached hydrogen (secondary N) is 1. The quantitative estimate of drug-likeness (QED) is 0.802. The second-order valence-electron chi connectivity index (χ2n) is 5.08. The first-order valence-electron chi connectivity index (χ1n) is 7.03. The summed E-state index contributed by atoms with van der Waals surface area (Å²) < 4.78 is 40.6. The average molecular weight is 355 g/mol. The Hall–Kier alpha value is -2.23. The van der Waals surface area contributed by atoms with E-state index < -0.39 is 12.8 Å². The van der Waals surface area contributed by atoms with E-state index in [2.05, 4.69) is 16.1 Å². The standard InChI is InChI=1S/C17H14ClF3N2O/c18-15-5-6-16(14(7-15)8-22)23-9-12-1-3-13(4-2-12)10-24-11-17(19,20)21/h1-7,23H,9-11H2. The summed E-state index contributed by atoms with van der Waals surface area (Å²) in [6.45, 7) is -0.882. The van der Waals surface area contributed by atoms with E-state index in [4.69, 9.17) is 16.9 Å². The van der Waals surface area contributed by atoms with Crippen LogP contribution in [0.2, 0.25) is 5.02 Å². The molecule has 0 bridgehead atoms. The Kier molecular flexibility index (Phi) is 6.07. The molecule has 2 rings (SSSR count). The summed E-state index contributed by atoms with van der Waals surface area (Å²) in [5, 5.41) is 12.7. The second kappa shape index (κ2) is 8.04. The molecule has 0 unspecified atom stereocenters. The summed E-state index contributed by atoms with van der Waals surface area (Å²) in [7, 11) is 0. The zero-order valence-electron chi connectivity index (χ0n) is 12.5. The van der Waals surface area contributed by atoms with Crippen molar-refractivity contribution >= 4 is 17.3 Å². The normalized spacial score (nSPS) is 11.1. The number of halogens is 4. The molecule has 0 aromatic heterocycles. The number of benzene rings is 2. The first-order valence-corrected chi connectivity index (χ1v) is 7.41. The van der Waals surface area contributed by atoms with Crippen molar-refractivity contribution in [1.82, 2.24) is 0 Å². The van der Waals surface area contributed by atoms with Crippen LogP contribution in [0.15, 0.2) is 42.5 Å². The van der Waals surface area contributed by atoms with Crippen LogP contribution >= 0.6 is 11.6 Å². The third-order valence-corrected chi connectivity index (χ3v) is 3.38. The topological polar surface area (TPSA) is 45.0 Å². The minimum absolute atomic E-state index is 0.0943. The van der Waals surface area contributed by atoms with Crippen LogP contribution in [0.5, 0.6) is 0 Å². The summed E-state index contributed by atoms with van der Waals surface area (Å²) in [5.74, 6) is 0. The molecule has 0 fully saturated rings. The Morgan fingerprint density at radius 1 is 1.08 bits per heavy atom. The summed E-state index contributed by atoms with van der Waals surface area (Å²) in [6, 6.07) is 14.0. The van der Waals surface area contributed by atoms with E-state index in [0.29, 0.717) is 28.4 Å². The lowest BCUT2D eigenvalue weighted by molar-refractivity contribution is -0.176. The lowest BCUT2D eigenvalue weighted by Crippen LogP contribution is -2.16. The van der Waals surface area contributed by atoms with Crippen molar-refractivity contribution in [2.24, 2.45) is 0 Å². The van der Waals surface area contributed by atoms with Gasteiger partial charge in [0.1, 0.15) is 12.7 Å². The van der Waals surface area contributed by atoms with Gasteiger partial charge < -0.3 is 10.1 Å². The number of ether oxygens (including phenoxy) is 1. The lowest BCUT2D eigenvalue weighted by Gasteiger charge is -2.10. The fourth-order valence-electron chi connectivity index (χ4n) is 2.00. The van der Waals surface area contributed by atoms with Gasteiger partial charge in [-0.05, 0) is 29.3 Å². The van der Waals surface area contributed by atoms with Gasteiger partial charge in [-0.1, -0.05) is 35.9 Å². The molecule has 0 saturated heterocycles. The maximum atomic E-state index is 12.0. The van der Waals surface area contributed by atoms with Gasteiger partial charge in [0.25, 0.3) is 0 Å². The van der Waals surface area contributed by atoms with Crippen LogP contribution in [0.4, 0.5) is 18.9 Å². The number of anilines is 1. The maximum absolute atomic E-state index is 12.0. The summed E-state index contributed by atoms with van der Waals surface area (Å²) in [5.41, 5.74) is 2.69. The lowest BCUT2D eigenvalue weighted by atomic mass is 10.1. The van der Waals surface area contributed by atoms with Crippen molar-refractivity contribution in [2.75, 3.05) is 11.9 Å². The van der Waals surface area contributed by atoms with Crippen molar-refractivity contribution < 1.29 is 17.9 Å². The predicted octanol–water partition coefficient (Wildman–Crippen LogP) is 4.90. The molecule has 24 heavy (non-hydrogen) atoms. The molecular formula is C17H14ClF3N2O. The highest BCUT2D eigenvalue weighted by Crippen LogP contribution is 2.21. The molecule has 0 atom stereocenters. The van der Waals surface area contributed by atoms with Crippen molar-refractivity contribution in [3.8, 4) is 6.07 Å². The molecule has 2 aromatic carbocycles. The van der Waals surface area contributed by atoms with E-state index in [9.17, 15) is 13.2 Å². The molecule has 0 saturated carbocycles. The number of hydrogen-bond donors (Lipinski definition) is 1. The first kappa shape index (κ1) is 18.1. The Morgan fingerprint density at radius 2 is 1.75 bits per heavy atom. The second-order valence-corrected chi connectivity index (χ2v) is 5.52. The van der Waals surface area contributed by atoms with Gasteiger partial charge in [0.05, 0.1) is 17.9 Å². The summed E-state index contributed by atoms with van der Waals surface area (Å²) >= 11 is 5.84. The molecule has 126 valence electrons. The molecule has 0 heterocycles. The van der Waals surface area contributed by atoms with Crippen LogP contribution < -0.4 is 5.32 Å². The highest BCUT2D eigenvalue weighted by molar-refractivity contribution is 6.30. The van der Waals surface area contributed by atoms with Gasteiger partial charge >= 0.3 is 6.18 Å². The van der Waals surface area contributed by atoms with E-state index in [-0.39, 0.29) is 6.61 Å². The molecule has 0 radical (unpaired) electrons. The van der Waals surface area contributed by atoms with Gasteiger partial charge in [-0.15, -0.1) is 0 Å². The first-order chi connectivity index (χ1) is 11.4. The van der Waals surface area contributed by atoms with Gasteiger partial charge in [0, 0.05) is 11.6 Å². The number of rotatable bonds is 6. The molecule has 3 nitrogen and oxygen atoms in total. The third kappa shape index (κ3) is 5.76. The van der Waals surface area contributed by atoms with Gasteiger partial charge in [-0.25, -0.2) is 0 Å². The zero-order valence-corrected chi connectivity index (χ0v) is 13.3. The minimum atomic E-state index is -4.32. The van der Waals surface area contributed by atoms with Crippen molar-refractivity contribution in [1.29, 1.82) is 5.26 Å². The highest BCUT2D eigenvalue weighted by Gasteiger charge is 2.27. The Morgan fingerprint density at radius 3 is 2.38 bits per heavy atom. The summed E-state index contributed by atoms with van der Waals surface area (Å²) in [6.07, 6.45) is -4.32. The van der Waals surface area contributed by atoms with E-state index in [1.165, 1.54) is 0 Å². The number of nitrogens with zero attached hydrogens (tertiary/aromatic N) is 1. The van der Waals surface area contributed by atoms with E-state index in [1.807, 2.05) is 0 Å². The van der Waals surface area contributed by atoms with Crippen LogP contribution in [-0.4, -0.2) is 12.8 Å². The third-order valence-electron chi connectivity index (χ3n) is 3.14. The van der Waals surface area contributed by atoms with Crippen LogP contribution in [0, 0.1) is 11.3 Å². The molecule has 0 amide bonds. The zero-order chi connectivity index (χ0) is 17.6. The Bertz CT molecular complexity index is 724. The van der Waals surface area contributed by atoms with Crippen LogP contribution in [-0.2, 0) is 17.9 Å². The molecule has 0 aliphatic heterocycles.